The van der Waals surface area contributed by atoms with Gasteiger partial charge in [0, 0.05) is 6.42 Å². The van der Waals surface area contributed by atoms with E-state index in [1.54, 1.807) is 0 Å². The molecule has 1 unspecified atom stereocenters. The molecular formula is C8H14O3. The predicted octanol–water partition coefficient (Wildman–Crippen LogP) is 1.16. The van der Waals surface area contributed by atoms with Crippen molar-refractivity contribution in [2.75, 3.05) is 6.58 Å². The Morgan fingerprint density at radius 3 is 2.45 bits per heavy atom. The molecule has 64 valence electrons. The standard InChI is InChI=1S/C8H14O3/c1-4-11-8(10)7(9)5-6(2)3/h6H,4-5H2,1-3H3/i4T. The highest BCUT2D eigenvalue weighted by Crippen LogP contribution is 2.00. The molecular weight excluding hydrogens is 144 g/mol. The zero-order valence-corrected chi connectivity index (χ0v) is 7.09. The van der Waals surface area contributed by atoms with E-state index in [9.17, 15) is 9.59 Å². The molecule has 3 nitrogen and oxygen atoms in total. The van der Waals surface area contributed by atoms with Crippen molar-refractivity contribution >= 4 is 11.8 Å². The lowest BCUT2D eigenvalue weighted by molar-refractivity contribution is -0.153. The number of carbonyl (C=O) groups is 2. The Bertz CT molecular complexity index is 155. The lowest BCUT2D eigenvalue weighted by Crippen LogP contribution is -2.18. The van der Waals surface area contributed by atoms with Crippen molar-refractivity contribution in [3.05, 3.63) is 0 Å². The maximum absolute atomic E-state index is 10.9. The number of carbonyl (C=O) groups excluding carboxylic acids is 2. The van der Waals surface area contributed by atoms with Crippen LogP contribution >= 0.6 is 0 Å². The van der Waals surface area contributed by atoms with Crippen LogP contribution in [0.25, 0.3) is 0 Å². The molecule has 0 aliphatic rings. The summed E-state index contributed by atoms with van der Waals surface area (Å²) in [6.45, 7) is 4.11. The van der Waals surface area contributed by atoms with Gasteiger partial charge in [0.05, 0.1) is 7.95 Å². The second-order valence-corrected chi connectivity index (χ2v) is 2.66. The minimum absolute atomic E-state index is 0.145. The highest BCUT2D eigenvalue weighted by molar-refractivity contribution is 6.33. The first-order chi connectivity index (χ1) is 5.43. The Labute approximate surface area is 68.1 Å². The average molecular weight is 160 g/mol. The van der Waals surface area contributed by atoms with E-state index in [1.807, 2.05) is 13.8 Å². The van der Waals surface area contributed by atoms with Crippen LogP contribution in [0, 0.1) is 5.92 Å². The fraction of sp³-hybridized carbons (Fsp3) is 0.750. The molecule has 0 amide bonds. The van der Waals surface area contributed by atoms with E-state index in [0.717, 1.165) is 0 Å². The van der Waals surface area contributed by atoms with Crippen LogP contribution in [0.1, 0.15) is 28.6 Å². The lowest BCUT2D eigenvalue weighted by atomic mass is 10.1. The van der Waals surface area contributed by atoms with Gasteiger partial charge in [-0.3, -0.25) is 4.79 Å². The summed E-state index contributed by atoms with van der Waals surface area (Å²) < 4.78 is 11.3. The maximum atomic E-state index is 10.9. The molecule has 0 rings (SSSR count). The van der Waals surface area contributed by atoms with Crippen LogP contribution < -0.4 is 0 Å². The monoisotopic (exact) mass is 160 g/mol. The summed E-state index contributed by atoms with van der Waals surface area (Å²) in [5, 5.41) is 0. The van der Waals surface area contributed by atoms with E-state index in [2.05, 4.69) is 4.74 Å². The first-order valence-corrected chi connectivity index (χ1v) is 3.59. The fourth-order valence-corrected chi connectivity index (χ4v) is 0.627. The number of Topliss-reactive ketones (excluding diaryl/α,β-unsaturated/α-hetero) is 1. The number of hydrogen-bond acceptors (Lipinski definition) is 3. The molecule has 11 heavy (non-hydrogen) atoms. The van der Waals surface area contributed by atoms with Gasteiger partial charge in [0.15, 0.2) is 0 Å². The number of ketones is 1. The molecule has 0 aliphatic heterocycles. The summed E-state index contributed by atoms with van der Waals surface area (Å²) in [5.74, 6) is -1.30. The first-order valence-electron chi connectivity index (χ1n) is 4.17. The predicted molar refractivity (Wildman–Crippen MR) is 41.1 cm³/mol. The number of ether oxygens (including phenoxy) is 1. The van der Waals surface area contributed by atoms with Crippen molar-refractivity contribution in [2.24, 2.45) is 5.92 Å². The van der Waals surface area contributed by atoms with Gasteiger partial charge >= 0.3 is 5.97 Å². The normalized spacial score (nSPS) is 14.0. The van der Waals surface area contributed by atoms with Crippen molar-refractivity contribution in [1.29, 1.82) is 0 Å². The zero-order chi connectivity index (χ0) is 9.72. The third-order valence-electron chi connectivity index (χ3n) is 1.05. The third-order valence-corrected chi connectivity index (χ3v) is 1.05. The van der Waals surface area contributed by atoms with E-state index in [1.165, 1.54) is 6.92 Å². The molecule has 0 N–H and O–H groups in total. The Morgan fingerprint density at radius 1 is 1.55 bits per heavy atom. The molecule has 0 aromatic carbocycles. The SMILES string of the molecule is [3H]C(C)OC(=O)C(=O)CC(C)C. The molecule has 0 aliphatic carbocycles. The van der Waals surface area contributed by atoms with Gasteiger partial charge in [0.1, 0.15) is 0 Å². The molecule has 1 atom stereocenters. The quantitative estimate of drug-likeness (QED) is 0.458. The average Bonchev–Trinajstić information content (AvgIpc) is 1.84. The molecule has 0 heterocycles. The molecule has 0 radical (unpaired) electrons. The molecule has 0 aromatic heterocycles. The highest BCUT2D eigenvalue weighted by Gasteiger charge is 2.15. The van der Waals surface area contributed by atoms with Gasteiger partial charge in [-0.2, -0.15) is 0 Å². The molecule has 0 saturated carbocycles. The van der Waals surface area contributed by atoms with Gasteiger partial charge in [0.25, 0.3) is 0 Å². The van der Waals surface area contributed by atoms with Crippen LogP contribution in [0.4, 0.5) is 0 Å². The van der Waals surface area contributed by atoms with Gasteiger partial charge in [-0.25, -0.2) is 4.79 Å². The summed E-state index contributed by atoms with van der Waals surface area (Å²) >= 11 is 0. The van der Waals surface area contributed by atoms with Crippen molar-refractivity contribution in [3.8, 4) is 0 Å². The number of esters is 1. The van der Waals surface area contributed by atoms with Crippen molar-refractivity contribution < 1.29 is 15.7 Å². The topological polar surface area (TPSA) is 43.4 Å². The smallest absolute Gasteiger partial charge is 0.374 e. The Balaban J connectivity index is 3.86. The third kappa shape index (κ3) is 4.53. The van der Waals surface area contributed by atoms with E-state index < -0.39 is 18.3 Å². The molecule has 0 bridgehead atoms. The highest BCUT2D eigenvalue weighted by atomic mass is 16.5. The minimum atomic E-state index is -0.964. The Morgan fingerprint density at radius 2 is 2.09 bits per heavy atom. The fourth-order valence-electron chi connectivity index (χ4n) is 0.627. The van der Waals surface area contributed by atoms with Gasteiger partial charge in [-0.15, -0.1) is 0 Å². The largest absolute Gasteiger partial charge is 0.460 e. The second kappa shape index (κ2) is 4.88. The maximum Gasteiger partial charge on any atom is 0.374 e. The van der Waals surface area contributed by atoms with Crippen LogP contribution in [0.2, 0.25) is 0 Å². The Kier molecular flexibility index (Phi) is 3.65. The molecule has 0 aromatic rings. The summed E-state index contributed by atoms with van der Waals surface area (Å²) in [4.78, 5) is 21.7. The van der Waals surface area contributed by atoms with E-state index in [4.69, 9.17) is 1.37 Å². The lowest BCUT2D eigenvalue weighted by Gasteiger charge is -2.02. The molecule has 0 spiro atoms. The van der Waals surface area contributed by atoms with Crippen LogP contribution in [0.5, 0.6) is 0 Å². The Hall–Kier alpha value is -0.860. The molecule has 0 fully saturated rings. The van der Waals surface area contributed by atoms with Crippen LogP contribution in [-0.4, -0.2) is 18.3 Å². The van der Waals surface area contributed by atoms with E-state index in [-0.39, 0.29) is 12.3 Å². The van der Waals surface area contributed by atoms with Crippen molar-refractivity contribution in [1.82, 2.24) is 0 Å². The van der Waals surface area contributed by atoms with Crippen molar-refractivity contribution in [2.45, 2.75) is 27.2 Å². The van der Waals surface area contributed by atoms with Gasteiger partial charge in [0.2, 0.25) is 5.78 Å². The minimum Gasteiger partial charge on any atom is -0.460 e. The molecule has 0 saturated heterocycles. The van der Waals surface area contributed by atoms with Crippen LogP contribution in [0.3, 0.4) is 0 Å². The molecule has 3 heteroatoms. The zero-order valence-electron chi connectivity index (χ0n) is 8.09. The van der Waals surface area contributed by atoms with E-state index in [0.29, 0.717) is 0 Å². The first kappa shape index (κ1) is 8.24. The second-order valence-electron chi connectivity index (χ2n) is 2.66. The van der Waals surface area contributed by atoms with E-state index >= 15 is 0 Å². The van der Waals surface area contributed by atoms with Gasteiger partial charge in [-0.1, -0.05) is 13.8 Å². The summed E-state index contributed by atoms with van der Waals surface area (Å²) in [6.07, 6.45) is 0.186. The number of hydrogen-bond donors (Lipinski definition) is 0. The van der Waals surface area contributed by atoms with Gasteiger partial charge in [-0.05, 0) is 12.8 Å². The van der Waals surface area contributed by atoms with Crippen LogP contribution in [-0.2, 0) is 14.3 Å². The summed E-state index contributed by atoms with van der Waals surface area (Å²) in [6, 6.07) is 0. The summed E-state index contributed by atoms with van der Waals surface area (Å²) in [7, 11) is 0. The van der Waals surface area contributed by atoms with Crippen molar-refractivity contribution in [3.63, 3.8) is 0 Å². The number of rotatable bonds is 4. The van der Waals surface area contributed by atoms with Crippen LogP contribution in [0.15, 0.2) is 0 Å². The van der Waals surface area contributed by atoms with Gasteiger partial charge < -0.3 is 4.74 Å². The summed E-state index contributed by atoms with van der Waals surface area (Å²) in [5.41, 5.74) is 0.